The number of nitrogens with one attached hydrogen (secondary N) is 1. The van der Waals surface area contributed by atoms with Crippen LogP contribution in [0.2, 0.25) is 0 Å². The molecule has 1 aliphatic heterocycles. The zero-order chi connectivity index (χ0) is 11.6. The van der Waals surface area contributed by atoms with E-state index >= 15 is 0 Å². The molecule has 1 saturated heterocycles. The van der Waals surface area contributed by atoms with Gasteiger partial charge in [0.2, 0.25) is 0 Å². The molecular formula is C14H23NS. The van der Waals surface area contributed by atoms with E-state index in [2.05, 4.69) is 38.2 Å². The molecule has 90 valence electrons. The van der Waals surface area contributed by atoms with E-state index in [1.165, 1.54) is 37.1 Å². The van der Waals surface area contributed by atoms with Gasteiger partial charge in [-0.15, -0.1) is 11.3 Å². The molecule has 2 heteroatoms. The monoisotopic (exact) mass is 237 g/mol. The van der Waals surface area contributed by atoms with Gasteiger partial charge in [0.25, 0.3) is 0 Å². The molecule has 1 aromatic rings. The minimum absolute atomic E-state index is 0.357. The summed E-state index contributed by atoms with van der Waals surface area (Å²) in [6.45, 7) is 8.12. The van der Waals surface area contributed by atoms with Crippen LogP contribution in [0, 0.1) is 12.8 Å². The fourth-order valence-corrected chi connectivity index (χ4v) is 3.75. The molecule has 1 N–H and O–H groups in total. The molecule has 0 aromatic carbocycles. The van der Waals surface area contributed by atoms with Crippen molar-refractivity contribution in [3.63, 3.8) is 0 Å². The van der Waals surface area contributed by atoms with Gasteiger partial charge in [-0.2, -0.15) is 0 Å². The van der Waals surface area contributed by atoms with Gasteiger partial charge in [0.05, 0.1) is 0 Å². The van der Waals surface area contributed by atoms with Gasteiger partial charge in [0.1, 0.15) is 0 Å². The largest absolute Gasteiger partial charge is 0.311 e. The molecule has 1 aliphatic rings. The maximum absolute atomic E-state index is 3.80. The van der Waals surface area contributed by atoms with Crippen LogP contribution in [0.25, 0.3) is 0 Å². The molecule has 1 nitrogen and oxygen atoms in total. The Kier molecular flexibility index (Phi) is 3.70. The Morgan fingerprint density at radius 2 is 2.19 bits per heavy atom. The molecule has 0 bridgehead atoms. The number of hydrogen-bond acceptors (Lipinski definition) is 2. The van der Waals surface area contributed by atoms with E-state index in [9.17, 15) is 0 Å². The van der Waals surface area contributed by atoms with Gasteiger partial charge in [-0.1, -0.05) is 20.3 Å². The van der Waals surface area contributed by atoms with Crippen LogP contribution in [-0.2, 0) is 6.42 Å². The average molecular weight is 237 g/mol. The Balaban J connectivity index is 2.13. The average Bonchev–Trinajstić information content (AvgIpc) is 2.65. The SMILES string of the molecule is Cc1ccc(CC2(C(C)C)CCCCN2)s1. The Hall–Kier alpha value is -0.340. The van der Waals surface area contributed by atoms with Crippen molar-refractivity contribution in [1.82, 2.24) is 5.32 Å². The molecule has 16 heavy (non-hydrogen) atoms. The Labute approximate surface area is 103 Å². The second kappa shape index (κ2) is 4.89. The van der Waals surface area contributed by atoms with Gasteiger partial charge >= 0.3 is 0 Å². The first-order valence-corrected chi connectivity index (χ1v) is 7.24. The molecule has 2 heterocycles. The number of hydrogen-bond donors (Lipinski definition) is 1. The molecule has 1 atom stereocenters. The summed E-state index contributed by atoms with van der Waals surface area (Å²) in [5.74, 6) is 0.718. The van der Waals surface area contributed by atoms with E-state index in [4.69, 9.17) is 0 Å². The zero-order valence-electron chi connectivity index (χ0n) is 10.7. The van der Waals surface area contributed by atoms with Crippen molar-refractivity contribution < 1.29 is 0 Å². The van der Waals surface area contributed by atoms with Crippen LogP contribution in [0.15, 0.2) is 12.1 Å². The van der Waals surface area contributed by atoms with Crippen LogP contribution in [0.5, 0.6) is 0 Å². The highest BCUT2D eigenvalue weighted by molar-refractivity contribution is 7.11. The molecule has 0 saturated carbocycles. The summed E-state index contributed by atoms with van der Waals surface area (Å²) in [5.41, 5.74) is 0.357. The van der Waals surface area contributed by atoms with Crippen molar-refractivity contribution in [2.75, 3.05) is 6.54 Å². The second-order valence-electron chi connectivity index (χ2n) is 5.38. The van der Waals surface area contributed by atoms with Gasteiger partial charge in [-0.05, 0) is 44.4 Å². The summed E-state index contributed by atoms with van der Waals surface area (Å²) in [7, 11) is 0. The minimum atomic E-state index is 0.357. The van der Waals surface area contributed by atoms with Crippen LogP contribution in [0.3, 0.4) is 0 Å². The maximum atomic E-state index is 3.80. The second-order valence-corrected chi connectivity index (χ2v) is 6.76. The Morgan fingerprint density at radius 1 is 1.38 bits per heavy atom. The summed E-state index contributed by atoms with van der Waals surface area (Å²) in [4.78, 5) is 2.98. The third-order valence-corrected chi connectivity index (χ3v) is 4.92. The highest BCUT2D eigenvalue weighted by Gasteiger charge is 2.35. The van der Waals surface area contributed by atoms with Gasteiger partial charge < -0.3 is 5.32 Å². The molecule has 1 unspecified atom stereocenters. The van der Waals surface area contributed by atoms with Crippen molar-refractivity contribution in [1.29, 1.82) is 0 Å². The fraction of sp³-hybridized carbons (Fsp3) is 0.714. The molecule has 2 rings (SSSR count). The molecule has 1 fully saturated rings. The van der Waals surface area contributed by atoms with Gasteiger partial charge in [-0.25, -0.2) is 0 Å². The third-order valence-electron chi connectivity index (χ3n) is 3.92. The fourth-order valence-electron chi connectivity index (χ4n) is 2.73. The molecule has 0 radical (unpaired) electrons. The summed E-state index contributed by atoms with van der Waals surface area (Å²) in [6, 6.07) is 4.55. The predicted octanol–water partition coefficient (Wildman–Crippen LogP) is 3.77. The van der Waals surface area contributed by atoms with Crippen molar-refractivity contribution in [2.24, 2.45) is 5.92 Å². The van der Waals surface area contributed by atoms with Crippen molar-refractivity contribution >= 4 is 11.3 Å². The van der Waals surface area contributed by atoms with Crippen molar-refractivity contribution in [3.8, 4) is 0 Å². The van der Waals surface area contributed by atoms with E-state index in [1.807, 2.05) is 11.3 Å². The standard InChI is InChI=1S/C14H23NS/c1-11(2)14(8-4-5-9-15-14)10-13-7-6-12(3)16-13/h6-7,11,15H,4-5,8-10H2,1-3H3. The molecule has 0 spiro atoms. The quantitative estimate of drug-likeness (QED) is 0.844. The number of rotatable bonds is 3. The summed E-state index contributed by atoms with van der Waals surface area (Å²) < 4.78 is 0. The molecule has 0 aliphatic carbocycles. The van der Waals surface area contributed by atoms with Gasteiger partial charge in [0, 0.05) is 21.7 Å². The van der Waals surface area contributed by atoms with Crippen LogP contribution in [0.1, 0.15) is 42.9 Å². The number of thiophene rings is 1. The predicted molar refractivity (Wildman–Crippen MR) is 72.2 cm³/mol. The first-order valence-electron chi connectivity index (χ1n) is 6.43. The maximum Gasteiger partial charge on any atom is 0.0252 e. The van der Waals surface area contributed by atoms with Crippen molar-refractivity contribution in [2.45, 2.75) is 52.0 Å². The molecule has 0 amide bonds. The third kappa shape index (κ3) is 2.49. The summed E-state index contributed by atoms with van der Waals surface area (Å²) in [5, 5.41) is 3.80. The lowest BCUT2D eigenvalue weighted by molar-refractivity contribution is 0.183. The highest BCUT2D eigenvalue weighted by Crippen LogP contribution is 2.32. The lowest BCUT2D eigenvalue weighted by Crippen LogP contribution is -2.53. The van der Waals surface area contributed by atoms with E-state index < -0.39 is 0 Å². The van der Waals surface area contributed by atoms with Crippen LogP contribution >= 0.6 is 11.3 Å². The van der Waals surface area contributed by atoms with Gasteiger partial charge in [0.15, 0.2) is 0 Å². The first kappa shape index (κ1) is 12.1. The smallest absolute Gasteiger partial charge is 0.0252 e. The van der Waals surface area contributed by atoms with Crippen LogP contribution < -0.4 is 5.32 Å². The molecular weight excluding hydrogens is 214 g/mol. The van der Waals surface area contributed by atoms with Crippen LogP contribution in [0.4, 0.5) is 0 Å². The molecule has 1 aromatic heterocycles. The number of piperidine rings is 1. The Morgan fingerprint density at radius 3 is 2.69 bits per heavy atom. The van der Waals surface area contributed by atoms with E-state index in [1.54, 1.807) is 4.88 Å². The van der Waals surface area contributed by atoms with E-state index in [0.717, 1.165) is 5.92 Å². The van der Waals surface area contributed by atoms with E-state index in [0.29, 0.717) is 5.54 Å². The minimum Gasteiger partial charge on any atom is -0.311 e. The van der Waals surface area contributed by atoms with Crippen LogP contribution in [-0.4, -0.2) is 12.1 Å². The highest BCUT2D eigenvalue weighted by atomic mass is 32.1. The van der Waals surface area contributed by atoms with Crippen molar-refractivity contribution in [3.05, 3.63) is 21.9 Å². The first-order chi connectivity index (χ1) is 7.62. The summed E-state index contributed by atoms with van der Waals surface area (Å²) in [6.07, 6.45) is 5.28. The van der Waals surface area contributed by atoms with E-state index in [-0.39, 0.29) is 0 Å². The van der Waals surface area contributed by atoms with Gasteiger partial charge in [-0.3, -0.25) is 0 Å². The topological polar surface area (TPSA) is 12.0 Å². The summed E-state index contributed by atoms with van der Waals surface area (Å²) >= 11 is 1.96. The Bertz CT molecular complexity index is 334. The zero-order valence-corrected chi connectivity index (χ0v) is 11.5. The normalized spacial score (nSPS) is 26.2. The lowest BCUT2D eigenvalue weighted by Gasteiger charge is -2.42. The lowest BCUT2D eigenvalue weighted by atomic mass is 9.76. The number of aryl methyl sites for hydroxylation is 1.